The van der Waals surface area contributed by atoms with Crippen LogP contribution in [0.2, 0.25) is 0 Å². The van der Waals surface area contributed by atoms with Gasteiger partial charge in [0.25, 0.3) is 0 Å². The van der Waals surface area contributed by atoms with Crippen LogP contribution in [-0.4, -0.2) is 11.2 Å². The molecule has 19 heavy (non-hydrogen) atoms. The monoisotopic (exact) mass is 254 g/mol. The molecule has 0 saturated heterocycles. The maximum Gasteiger partial charge on any atom is 0.0649 e. The highest BCUT2D eigenvalue weighted by molar-refractivity contribution is 5.28. The van der Waals surface area contributed by atoms with Gasteiger partial charge in [0.2, 0.25) is 0 Å². The standard InChI is InChI=1S/C18H22O/c1-3-17(15-10-5-4-6-11-15)18(19)13-16-12-8-7-9-14(16)2/h4-12,17-19H,3,13H2,1-2H3. The molecule has 0 bridgehead atoms. The van der Waals surface area contributed by atoms with Crippen molar-refractivity contribution in [2.45, 2.75) is 38.7 Å². The van der Waals surface area contributed by atoms with E-state index in [2.05, 4.69) is 38.1 Å². The Morgan fingerprint density at radius 3 is 2.21 bits per heavy atom. The molecular formula is C18H22O. The fraction of sp³-hybridized carbons (Fsp3) is 0.333. The zero-order valence-electron chi connectivity index (χ0n) is 11.7. The molecule has 0 heterocycles. The second-order valence-corrected chi connectivity index (χ2v) is 5.12. The van der Waals surface area contributed by atoms with E-state index in [0.29, 0.717) is 0 Å². The summed E-state index contributed by atoms with van der Waals surface area (Å²) in [5, 5.41) is 10.5. The second kappa shape index (κ2) is 6.53. The number of hydrogen-bond donors (Lipinski definition) is 1. The first kappa shape index (κ1) is 13.8. The van der Waals surface area contributed by atoms with Crippen molar-refractivity contribution in [2.24, 2.45) is 0 Å². The number of aliphatic hydroxyl groups excluding tert-OH is 1. The fourth-order valence-electron chi connectivity index (χ4n) is 2.64. The molecule has 0 aromatic heterocycles. The van der Waals surface area contributed by atoms with Crippen LogP contribution >= 0.6 is 0 Å². The Labute approximate surface area is 115 Å². The minimum absolute atomic E-state index is 0.209. The molecule has 0 saturated carbocycles. The van der Waals surface area contributed by atoms with E-state index >= 15 is 0 Å². The summed E-state index contributed by atoms with van der Waals surface area (Å²) in [7, 11) is 0. The van der Waals surface area contributed by atoms with Crippen molar-refractivity contribution < 1.29 is 5.11 Å². The van der Waals surface area contributed by atoms with Gasteiger partial charge in [0.1, 0.15) is 0 Å². The lowest BCUT2D eigenvalue weighted by molar-refractivity contribution is 0.140. The van der Waals surface area contributed by atoms with Crippen molar-refractivity contribution in [2.75, 3.05) is 0 Å². The van der Waals surface area contributed by atoms with Crippen LogP contribution in [0, 0.1) is 6.92 Å². The summed E-state index contributed by atoms with van der Waals surface area (Å²) in [6.07, 6.45) is 1.35. The maximum absolute atomic E-state index is 10.5. The molecule has 0 amide bonds. The summed E-state index contributed by atoms with van der Waals surface area (Å²) in [5.74, 6) is 0.209. The molecule has 1 N–H and O–H groups in total. The normalized spacial score (nSPS) is 14.1. The second-order valence-electron chi connectivity index (χ2n) is 5.12. The minimum Gasteiger partial charge on any atom is -0.392 e. The number of aryl methyl sites for hydroxylation is 1. The molecule has 1 heteroatoms. The Bertz CT molecular complexity index is 504. The van der Waals surface area contributed by atoms with Crippen LogP contribution in [0.3, 0.4) is 0 Å². The van der Waals surface area contributed by atoms with E-state index in [4.69, 9.17) is 0 Å². The SMILES string of the molecule is CCC(c1ccccc1)C(O)Cc1ccccc1C. The van der Waals surface area contributed by atoms with Crippen molar-refractivity contribution in [3.05, 3.63) is 71.3 Å². The van der Waals surface area contributed by atoms with Gasteiger partial charge in [-0.15, -0.1) is 0 Å². The van der Waals surface area contributed by atoms with Gasteiger partial charge in [-0.05, 0) is 36.5 Å². The first-order valence-electron chi connectivity index (χ1n) is 7.00. The third-order valence-corrected chi connectivity index (χ3v) is 3.82. The zero-order chi connectivity index (χ0) is 13.7. The highest BCUT2D eigenvalue weighted by Crippen LogP contribution is 2.26. The molecule has 2 aromatic carbocycles. The van der Waals surface area contributed by atoms with E-state index in [1.165, 1.54) is 16.7 Å². The Kier molecular flexibility index (Phi) is 4.75. The van der Waals surface area contributed by atoms with E-state index in [1.54, 1.807) is 0 Å². The molecule has 0 aliphatic heterocycles. The van der Waals surface area contributed by atoms with Crippen LogP contribution in [0.1, 0.15) is 36.0 Å². The molecular weight excluding hydrogens is 232 g/mol. The summed E-state index contributed by atoms with van der Waals surface area (Å²) >= 11 is 0. The summed E-state index contributed by atoms with van der Waals surface area (Å²) < 4.78 is 0. The molecule has 0 radical (unpaired) electrons. The predicted molar refractivity (Wildman–Crippen MR) is 80.4 cm³/mol. The molecule has 1 nitrogen and oxygen atoms in total. The summed E-state index contributed by atoms with van der Waals surface area (Å²) in [6, 6.07) is 18.6. The molecule has 2 unspecified atom stereocenters. The van der Waals surface area contributed by atoms with E-state index in [1.807, 2.05) is 30.3 Å². The molecule has 2 aromatic rings. The average molecular weight is 254 g/mol. The van der Waals surface area contributed by atoms with Crippen LogP contribution < -0.4 is 0 Å². The first-order valence-corrected chi connectivity index (χ1v) is 7.00. The molecule has 0 fully saturated rings. The number of rotatable bonds is 5. The highest BCUT2D eigenvalue weighted by Gasteiger charge is 2.19. The third kappa shape index (κ3) is 3.45. The summed E-state index contributed by atoms with van der Waals surface area (Å²) in [5.41, 5.74) is 3.72. The smallest absolute Gasteiger partial charge is 0.0649 e. The number of hydrogen-bond acceptors (Lipinski definition) is 1. The molecule has 0 aliphatic carbocycles. The summed E-state index contributed by atoms with van der Waals surface area (Å²) in [4.78, 5) is 0. The Hall–Kier alpha value is -1.60. The van der Waals surface area contributed by atoms with Gasteiger partial charge in [0.15, 0.2) is 0 Å². The van der Waals surface area contributed by atoms with Crippen molar-refractivity contribution in [1.82, 2.24) is 0 Å². The topological polar surface area (TPSA) is 20.2 Å². The Balaban J connectivity index is 2.14. The van der Waals surface area contributed by atoms with E-state index in [9.17, 15) is 5.11 Å². The van der Waals surface area contributed by atoms with Crippen LogP contribution in [-0.2, 0) is 6.42 Å². The van der Waals surface area contributed by atoms with Crippen LogP contribution in [0.25, 0.3) is 0 Å². The van der Waals surface area contributed by atoms with Crippen molar-refractivity contribution in [3.8, 4) is 0 Å². The van der Waals surface area contributed by atoms with Gasteiger partial charge in [-0.25, -0.2) is 0 Å². The average Bonchev–Trinajstić information content (AvgIpc) is 2.43. The highest BCUT2D eigenvalue weighted by atomic mass is 16.3. The van der Waals surface area contributed by atoms with E-state index < -0.39 is 0 Å². The first-order chi connectivity index (χ1) is 9.22. The predicted octanol–water partition coefficient (Wildman–Crippen LogP) is 4.09. The molecule has 2 atom stereocenters. The zero-order valence-corrected chi connectivity index (χ0v) is 11.7. The van der Waals surface area contributed by atoms with Crippen molar-refractivity contribution >= 4 is 0 Å². The van der Waals surface area contributed by atoms with Crippen LogP contribution in [0.15, 0.2) is 54.6 Å². The Morgan fingerprint density at radius 2 is 1.58 bits per heavy atom. The quantitative estimate of drug-likeness (QED) is 0.852. The Morgan fingerprint density at radius 1 is 0.947 bits per heavy atom. The fourth-order valence-corrected chi connectivity index (χ4v) is 2.64. The molecule has 2 rings (SSSR count). The van der Waals surface area contributed by atoms with Gasteiger partial charge in [0.05, 0.1) is 6.10 Å². The molecule has 0 spiro atoms. The lowest BCUT2D eigenvalue weighted by Gasteiger charge is -2.22. The van der Waals surface area contributed by atoms with E-state index in [-0.39, 0.29) is 12.0 Å². The lowest BCUT2D eigenvalue weighted by Crippen LogP contribution is -2.21. The van der Waals surface area contributed by atoms with Crippen molar-refractivity contribution in [3.63, 3.8) is 0 Å². The van der Waals surface area contributed by atoms with Crippen molar-refractivity contribution in [1.29, 1.82) is 0 Å². The largest absolute Gasteiger partial charge is 0.392 e. The number of aliphatic hydroxyl groups is 1. The summed E-state index contributed by atoms with van der Waals surface area (Å²) in [6.45, 7) is 4.24. The van der Waals surface area contributed by atoms with Crippen LogP contribution in [0.4, 0.5) is 0 Å². The third-order valence-electron chi connectivity index (χ3n) is 3.82. The lowest BCUT2D eigenvalue weighted by atomic mass is 9.87. The van der Waals surface area contributed by atoms with Gasteiger partial charge >= 0.3 is 0 Å². The molecule has 0 aliphatic rings. The number of benzene rings is 2. The van der Waals surface area contributed by atoms with Gasteiger partial charge in [0, 0.05) is 5.92 Å². The van der Waals surface area contributed by atoms with E-state index in [0.717, 1.165) is 12.8 Å². The van der Waals surface area contributed by atoms with Gasteiger partial charge < -0.3 is 5.11 Å². The van der Waals surface area contributed by atoms with Gasteiger partial charge in [-0.3, -0.25) is 0 Å². The van der Waals surface area contributed by atoms with Gasteiger partial charge in [-0.2, -0.15) is 0 Å². The van der Waals surface area contributed by atoms with Gasteiger partial charge in [-0.1, -0.05) is 61.5 Å². The minimum atomic E-state index is -0.325. The van der Waals surface area contributed by atoms with Crippen LogP contribution in [0.5, 0.6) is 0 Å². The maximum atomic E-state index is 10.5. The molecule has 100 valence electrons.